The molecule has 0 aliphatic rings. The summed E-state index contributed by atoms with van der Waals surface area (Å²) in [7, 11) is 1.43. The summed E-state index contributed by atoms with van der Waals surface area (Å²) in [4.78, 5) is 34.3. The first-order chi connectivity index (χ1) is 14.5. The standard InChI is InChI=1S/C24H44N2O4/c1-3-4-5-6-7-8-9-10-11-12-13-14-15-16-17-18-19-22(27)26-21(20-23(28)29)24(30)25-2/h8-9,21H,3-7,10-20H2,1-2H3,(H,25,30)(H,26,27)(H,28,29)/b9-8-/t21-/m0/s1. The number of likely N-dealkylation sites (N-methyl/N-ethyl adjacent to an activating group) is 1. The van der Waals surface area contributed by atoms with Gasteiger partial charge in [0, 0.05) is 13.5 Å². The maximum atomic E-state index is 11.9. The molecule has 0 heterocycles. The maximum Gasteiger partial charge on any atom is 0.305 e. The number of allylic oxidation sites excluding steroid dienone is 2. The van der Waals surface area contributed by atoms with E-state index in [1.807, 2.05) is 0 Å². The fourth-order valence-electron chi connectivity index (χ4n) is 3.36. The van der Waals surface area contributed by atoms with E-state index < -0.39 is 24.3 Å². The Morgan fingerprint density at radius 3 is 1.80 bits per heavy atom. The Kier molecular flexibility index (Phi) is 19.2. The molecule has 0 bridgehead atoms. The number of carboxylic acid groups (broad SMARTS) is 1. The quantitative estimate of drug-likeness (QED) is 0.187. The molecular weight excluding hydrogens is 380 g/mol. The van der Waals surface area contributed by atoms with Crippen molar-refractivity contribution in [2.75, 3.05) is 7.05 Å². The summed E-state index contributed by atoms with van der Waals surface area (Å²) in [5, 5.41) is 13.7. The molecule has 0 aliphatic carbocycles. The Balaban J connectivity index is 3.54. The van der Waals surface area contributed by atoms with Crippen LogP contribution in [-0.4, -0.2) is 36.0 Å². The molecule has 30 heavy (non-hydrogen) atoms. The summed E-state index contributed by atoms with van der Waals surface area (Å²) in [6.07, 6.45) is 21.5. The summed E-state index contributed by atoms with van der Waals surface area (Å²) < 4.78 is 0. The van der Waals surface area contributed by atoms with Crippen LogP contribution in [0.2, 0.25) is 0 Å². The molecule has 0 fully saturated rings. The van der Waals surface area contributed by atoms with Crippen LogP contribution in [0.15, 0.2) is 12.2 Å². The zero-order valence-corrected chi connectivity index (χ0v) is 19.2. The third-order valence-corrected chi connectivity index (χ3v) is 5.19. The Bertz CT molecular complexity index is 492. The fraction of sp³-hybridized carbons (Fsp3) is 0.792. The minimum absolute atomic E-state index is 0.261. The lowest BCUT2D eigenvalue weighted by atomic mass is 10.1. The number of hydrogen-bond acceptors (Lipinski definition) is 3. The van der Waals surface area contributed by atoms with E-state index in [0.29, 0.717) is 6.42 Å². The largest absolute Gasteiger partial charge is 0.481 e. The Morgan fingerprint density at radius 1 is 0.800 bits per heavy atom. The highest BCUT2D eigenvalue weighted by atomic mass is 16.4. The highest BCUT2D eigenvalue weighted by Gasteiger charge is 2.22. The van der Waals surface area contributed by atoms with Crippen LogP contribution in [0.3, 0.4) is 0 Å². The molecule has 0 saturated carbocycles. The Hall–Kier alpha value is -1.85. The smallest absolute Gasteiger partial charge is 0.305 e. The topological polar surface area (TPSA) is 95.5 Å². The Morgan fingerprint density at radius 2 is 1.30 bits per heavy atom. The third-order valence-electron chi connectivity index (χ3n) is 5.19. The van der Waals surface area contributed by atoms with Gasteiger partial charge in [0.2, 0.25) is 11.8 Å². The molecule has 0 unspecified atom stereocenters. The molecule has 0 radical (unpaired) electrons. The molecule has 6 nitrogen and oxygen atoms in total. The van der Waals surface area contributed by atoms with Crippen molar-refractivity contribution >= 4 is 17.8 Å². The molecule has 6 heteroatoms. The van der Waals surface area contributed by atoms with Crippen LogP contribution in [0, 0.1) is 0 Å². The minimum Gasteiger partial charge on any atom is -0.481 e. The van der Waals surface area contributed by atoms with Crippen molar-refractivity contribution in [3.05, 3.63) is 12.2 Å². The van der Waals surface area contributed by atoms with Gasteiger partial charge in [-0.05, 0) is 32.1 Å². The van der Waals surface area contributed by atoms with Gasteiger partial charge in [0.05, 0.1) is 6.42 Å². The first-order valence-electron chi connectivity index (χ1n) is 11.9. The van der Waals surface area contributed by atoms with Crippen molar-refractivity contribution < 1.29 is 19.5 Å². The molecule has 2 amide bonds. The number of amides is 2. The van der Waals surface area contributed by atoms with Crippen LogP contribution in [0.1, 0.15) is 110 Å². The van der Waals surface area contributed by atoms with Crippen LogP contribution >= 0.6 is 0 Å². The van der Waals surface area contributed by atoms with Crippen molar-refractivity contribution in [2.24, 2.45) is 0 Å². The number of unbranched alkanes of at least 4 members (excludes halogenated alkanes) is 12. The molecule has 0 rings (SSSR count). The molecule has 0 aromatic carbocycles. The first-order valence-corrected chi connectivity index (χ1v) is 11.9. The lowest BCUT2D eigenvalue weighted by Gasteiger charge is -2.15. The molecule has 1 atom stereocenters. The van der Waals surface area contributed by atoms with Crippen molar-refractivity contribution in [1.29, 1.82) is 0 Å². The molecule has 3 N–H and O–H groups in total. The SMILES string of the molecule is CCCCCC/C=C\CCCCCCCCCCC(=O)N[C@@H](CC(=O)O)C(=O)NC. The zero-order valence-electron chi connectivity index (χ0n) is 19.2. The summed E-state index contributed by atoms with van der Waals surface area (Å²) in [6, 6.07) is -1.00. The Labute approximate surface area is 183 Å². The number of carbonyl (C=O) groups excluding carboxylic acids is 2. The number of nitrogens with one attached hydrogen (secondary N) is 2. The van der Waals surface area contributed by atoms with Gasteiger partial charge >= 0.3 is 5.97 Å². The second-order valence-electron chi connectivity index (χ2n) is 8.02. The number of aliphatic carboxylic acids is 1. The lowest BCUT2D eigenvalue weighted by Crippen LogP contribution is -2.46. The van der Waals surface area contributed by atoms with E-state index in [1.54, 1.807) is 0 Å². The number of rotatable bonds is 20. The van der Waals surface area contributed by atoms with E-state index in [9.17, 15) is 14.4 Å². The van der Waals surface area contributed by atoms with Crippen LogP contribution < -0.4 is 10.6 Å². The number of carbonyl (C=O) groups is 3. The van der Waals surface area contributed by atoms with E-state index in [2.05, 4.69) is 29.7 Å². The fourth-order valence-corrected chi connectivity index (χ4v) is 3.36. The van der Waals surface area contributed by atoms with Crippen LogP contribution in [-0.2, 0) is 14.4 Å². The van der Waals surface area contributed by atoms with E-state index in [-0.39, 0.29) is 5.91 Å². The van der Waals surface area contributed by atoms with E-state index >= 15 is 0 Å². The minimum atomic E-state index is -1.11. The molecule has 0 saturated heterocycles. The van der Waals surface area contributed by atoms with E-state index in [4.69, 9.17) is 5.11 Å². The first kappa shape index (κ1) is 28.1. The molecular formula is C24H44N2O4. The van der Waals surface area contributed by atoms with Crippen LogP contribution in [0.5, 0.6) is 0 Å². The van der Waals surface area contributed by atoms with Gasteiger partial charge in [0.15, 0.2) is 0 Å². The average molecular weight is 425 g/mol. The molecule has 0 aromatic heterocycles. The van der Waals surface area contributed by atoms with Crippen molar-refractivity contribution in [3.63, 3.8) is 0 Å². The van der Waals surface area contributed by atoms with Gasteiger partial charge in [-0.15, -0.1) is 0 Å². The summed E-state index contributed by atoms with van der Waals surface area (Å²) in [5.41, 5.74) is 0. The highest BCUT2D eigenvalue weighted by Crippen LogP contribution is 2.11. The molecule has 0 aliphatic heterocycles. The van der Waals surface area contributed by atoms with E-state index in [0.717, 1.165) is 19.3 Å². The predicted octanol–water partition coefficient (Wildman–Crippen LogP) is 5.12. The third kappa shape index (κ3) is 18.2. The second kappa shape index (κ2) is 20.4. The molecule has 0 aromatic rings. The van der Waals surface area contributed by atoms with Gasteiger partial charge in [0.25, 0.3) is 0 Å². The lowest BCUT2D eigenvalue weighted by molar-refractivity contribution is -0.140. The zero-order chi connectivity index (χ0) is 22.5. The van der Waals surface area contributed by atoms with Crippen molar-refractivity contribution in [2.45, 2.75) is 116 Å². The van der Waals surface area contributed by atoms with Gasteiger partial charge in [-0.3, -0.25) is 14.4 Å². The average Bonchev–Trinajstić information content (AvgIpc) is 2.72. The van der Waals surface area contributed by atoms with E-state index in [1.165, 1.54) is 77.7 Å². The summed E-state index contributed by atoms with van der Waals surface area (Å²) in [5.74, 6) is -1.85. The number of carboxylic acids is 1. The molecule has 0 spiro atoms. The molecule has 174 valence electrons. The van der Waals surface area contributed by atoms with Gasteiger partial charge in [-0.1, -0.05) is 76.9 Å². The van der Waals surface area contributed by atoms with Gasteiger partial charge < -0.3 is 15.7 Å². The van der Waals surface area contributed by atoms with Gasteiger partial charge in [0.1, 0.15) is 6.04 Å². The van der Waals surface area contributed by atoms with Crippen LogP contribution in [0.25, 0.3) is 0 Å². The summed E-state index contributed by atoms with van der Waals surface area (Å²) >= 11 is 0. The van der Waals surface area contributed by atoms with Gasteiger partial charge in [-0.25, -0.2) is 0 Å². The van der Waals surface area contributed by atoms with Crippen LogP contribution in [0.4, 0.5) is 0 Å². The monoisotopic (exact) mass is 424 g/mol. The maximum absolute atomic E-state index is 11.9. The highest BCUT2D eigenvalue weighted by molar-refractivity contribution is 5.90. The predicted molar refractivity (Wildman–Crippen MR) is 122 cm³/mol. The number of hydrogen-bond donors (Lipinski definition) is 3. The normalized spacial score (nSPS) is 12.1. The summed E-state index contributed by atoms with van der Waals surface area (Å²) in [6.45, 7) is 2.24. The van der Waals surface area contributed by atoms with Crippen molar-refractivity contribution in [1.82, 2.24) is 10.6 Å². The van der Waals surface area contributed by atoms with Gasteiger partial charge in [-0.2, -0.15) is 0 Å². The van der Waals surface area contributed by atoms with Crippen molar-refractivity contribution in [3.8, 4) is 0 Å². The second-order valence-corrected chi connectivity index (χ2v) is 8.02.